The second-order valence-electron chi connectivity index (χ2n) is 5.07. The molecule has 0 spiro atoms. The van der Waals surface area contributed by atoms with E-state index in [2.05, 4.69) is 29.4 Å². The smallest absolute Gasteiger partial charge is 0.368 e. The van der Waals surface area contributed by atoms with Gasteiger partial charge in [0.15, 0.2) is 5.69 Å². The van der Waals surface area contributed by atoms with Gasteiger partial charge in [-0.2, -0.15) is 13.2 Å². The van der Waals surface area contributed by atoms with E-state index in [0.29, 0.717) is 17.2 Å². The number of hydrogen-bond acceptors (Lipinski definition) is 3. The zero-order chi connectivity index (χ0) is 12.7. The molecule has 1 aliphatic rings. The summed E-state index contributed by atoms with van der Waals surface area (Å²) in [6.07, 6.45) is -3.29. The monoisotopic (exact) mass is 245 g/mol. The molecule has 0 radical (unpaired) electrons. The first-order valence-corrected chi connectivity index (χ1v) is 5.44. The molecule has 1 aliphatic carbocycles. The fourth-order valence-electron chi connectivity index (χ4n) is 1.73. The minimum Gasteiger partial charge on any atom is -0.368 e. The molecule has 1 N–H and O–H groups in total. The molecule has 1 fully saturated rings. The first-order chi connectivity index (χ1) is 7.79. The van der Waals surface area contributed by atoms with Crippen LogP contribution >= 0.6 is 0 Å². The standard InChI is InChI=1S/C11H14F3N3/c1-10(2)5-7(10)6-15-9-4-3-8(16-17-9)11(12,13)14/h3-4,7H,5-6H2,1-2H3,(H,15,17). The average Bonchev–Trinajstić information content (AvgIpc) is 2.83. The summed E-state index contributed by atoms with van der Waals surface area (Å²) in [5.41, 5.74) is -0.624. The van der Waals surface area contributed by atoms with E-state index < -0.39 is 11.9 Å². The molecular weight excluding hydrogens is 231 g/mol. The van der Waals surface area contributed by atoms with Gasteiger partial charge in [0.2, 0.25) is 0 Å². The zero-order valence-electron chi connectivity index (χ0n) is 9.67. The van der Waals surface area contributed by atoms with Crippen molar-refractivity contribution in [2.75, 3.05) is 11.9 Å². The molecule has 1 unspecified atom stereocenters. The van der Waals surface area contributed by atoms with Gasteiger partial charge in [-0.3, -0.25) is 0 Å². The number of rotatable bonds is 3. The minimum atomic E-state index is -4.43. The summed E-state index contributed by atoms with van der Waals surface area (Å²) in [7, 11) is 0. The molecule has 2 rings (SSSR count). The van der Waals surface area contributed by atoms with Crippen molar-refractivity contribution in [3.63, 3.8) is 0 Å². The van der Waals surface area contributed by atoms with Crippen LogP contribution in [-0.2, 0) is 6.18 Å². The van der Waals surface area contributed by atoms with E-state index in [9.17, 15) is 13.2 Å². The van der Waals surface area contributed by atoms with Gasteiger partial charge in [-0.05, 0) is 29.9 Å². The van der Waals surface area contributed by atoms with Gasteiger partial charge in [-0.15, -0.1) is 10.2 Å². The van der Waals surface area contributed by atoms with Gasteiger partial charge in [0.05, 0.1) is 0 Å². The Morgan fingerprint density at radius 3 is 2.41 bits per heavy atom. The SMILES string of the molecule is CC1(C)CC1CNc1ccc(C(F)(F)F)nn1. The zero-order valence-corrected chi connectivity index (χ0v) is 9.67. The molecule has 0 bridgehead atoms. The molecule has 1 heterocycles. The van der Waals surface area contributed by atoms with Gasteiger partial charge in [-0.25, -0.2) is 0 Å². The second-order valence-corrected chi connectivity index (χ2v) is 5.07. The van der Waals surface area contributed by atoms with Gasteiger partial charge in [0.25, 0.3) is 0 Å². The molecule has 1 aromatic heterocycles. The van der Waals surface area contributed by atoms with Crippen LogP contribution in [0.15, 0.2) is 12.1 Å². The Kier molecular flexibility index (Phi) is 2.75. The summed E-state index contributed by atoms with van der Waals surface area (Å²) in [4.78, 5) is 0. The fourth-order valence-corrected chi connectivity index (χ4v) is 1.73. The summed E-state index contributed by atoms with van der Waals surface area (Å²) < 4.78 is 36.7. The normalized spacial score (nSPS) is 22.3. The van der Waals surface area contributed by atoms with Crippen LogP contribution in [0.3, 0.4) is 0 Å². The van der Waals surface area contributed by atoms with Crippen molar-refractivity contribution in [1.82, 2.24) is 10.2 Å². The number of anilines is 1. The van der Waals surface area contributed by atoms with E-state index in [1.165, 1.54) is 6.07 Å². The number of hydrogen-bond donors (Lipinski definition) is 1. The van der Waals surface area contributed by atoms with Crippen LogP contribution in [0.4, 0.5) is 19.0 Å². The van der Waals surface area contributed by atoms with Crippen molar-refractivity contribution in [1.29, 1.82) is 0 Å². The Morgan fingerprint density at radius 1 is 1.35 bits per heavy atom. The lowest BCUT2D eigenvalue weighted by molar-refractivity contribution is -0.141. The van der Waals surface area contributed by atoms with E-state index in [0.717, 1.165) is 19.0 Å². The van der Waals surface area contributed by atoms with Crippen molar-refractivity contribution in [3.8, 4) is 0 Å². The van der Waals surface area contributed by atoms with E-state index in [4.69, 9.17) is 0 Å². The van der Waals surface area contributed by atoms with E-state index in [-0.39, 0.29) is 0 Å². The maximum atomic E-state index is 12.2. The van der Waals surface area contributed by atoms with Gasteiger partial charge >= 0.3 is 6.18 Å². The molecule has 0 amide bonds. The Hall–Kier alpha value is -1.33. The highest BCUT2D eigenvalue weighted by molar-refractivity contribution is 5.33. The number of halogens is 3. The first kappa shape index (κ1) is 12.1. The Balaban J connectivity index is 1.91. The highest BCUT2D eigenvalue weighted by Crippen LogP contribution is 2.51. The molecule has 6 heteroatoms. The first-order valence-electron chi connectivity index (χ1n) is 5.44. The lowest BCUT2D eigenvalue weighted by Gasteiger charge is -2.08. The average molecular weight is 245 g/mol. The summed E-state index contributed by atoms with van der Waals surface area (Å²) in [5, 5.41) is 9.66. The molecule has 1 aromatic rings. The van der Waals surface area contributed by atoms with E-state index in [1.807, 2.05) is 0 Å². The van der Waals surface area contributed by atoms with Crippen LogP contribution < -0.4 is 5.32 Å². The molecule has 0 aliphatic heterocycles. The van der Waals surface area contributed by atoms with Crippen LogP contribution in [0.5, 0.6) is 0 Å². The van der Waals surface area contributed by atoms with Crippen molar-refractivity contribution in [2.24, 2.45) is 11.3 Å². The lowest BCUT2D eigenvalue weighted by Crippen LogP contribution is -2.12. The predicted octanol–water partition coefficient (Wildman–Crippen LogP) is 2.95. The van der Waals surface area contributed by atoms with Crippen molar-refractivity contribution >= 4 is 5.82 Å². The number of nitrogens with one attached hydrogen (secondary N) is 1. The molecule has 17 heavy (non-hydrogen) atoms. The van der Waals surface area contributed by atoms with Crippen molar-refractivity contribution in [3.05, 3.63) is 17.8 Å². The summed E-state index contributed by atoms with van der Waals surface area (Å²) in [5.74, 6) is 0.951. The van der Waals surface area contributed by atoms with Gasteiger partial charge < -0.3 is 5.32 Å². The predicted molar refractivity (Wildman–Crippen MR) is 57.4 cm³/mol. The van der Waals surface area contributed by atoms with Crippen LogP contribution in [0.1, 0.15) is 26.0 Å². The van der Waals surface area contributed by atoms with Gasteiger partial charge in [0, 0.05) is 6.54 Å². The van der Waals surface area contributed by atoms with Crippen LogP contribution in [0, 0.1) is 11.3 Å². The maximum absolute atomic E-state index is 12.2. The molecule has 94 valence electrons. The number of nitrogens with zero attached hydrogens (tertiary/aromatic N) is 2. The fraction of sp³-hybridized carbons (Fsp3) is 0.636. The number of aromatic nitrogens is 2. The van der Waals surface area contributed by atoms with Crippen LogP contribution in [-0.4, -0.2) is 16.7 Å². The Morgan fingerprint density at radius 2 is 2.00 bits per heavy atom. The van der Waals surface area contributed by atoms with Crippen LogP contribution in [0.2, 0.25) is 0 Å². The van der Waals surface area contributed by atoms with Crippen molar-refractivity contribution < 1.29 is 13.2 Å². The van der Waals surface area contributed by atoms with Crippen molar-refractivity contribution in [2.45, 2.75) is 26.4 Å². The summed E-state index contributed by atoms with van der Waals surface area (Å²) >= 11 is 0. The third-order valence-electron chi connectivity index (χ3n) is 3.20. The second kappa shape index (κ2) is 3.85. The summed E-state index contributed by atoms with van der Waals surface area (Å²) in [6, 6.07) is 2.25. The van der Waals surface area contributed by atoms with Gasteiger partial charge in [-0.1, -0.05) is 13.8 Å². The summed E-state index contributed by atoms with van der Waals surface area (Å²) in [6.45, 7) is 5.06. The minimum absolute atomic E-state index is 0.340. The maximum Gasteiger partial charge on any atom is 0.435 e. The third kappa shape index (κ3) is 2.87. The highest BCUT2D eigenvalue weighted by Gasteiger charge is 2.45. The van der Waals surface area contributed by atoms with E-state index >= 15 is 0 Å². The topological polar surface area (TPSA) is 37.8 Å². The molecule has 1 atom stereocenters. The van der Waals surface area contributed by atoms with Crippen LogP contribution in [0.25, 0.3) is 0 Å². The lowest BCUT2D eigenvalue weighted by atomic mass is 10.1. The Bertz CT molecular complexity index is 397. The molecule has 0 aromatic carbocycles. The highest BCUT2D eigenvalue weighted by atomic mass is 19.4. The number of alkyl halides is 3. The largest absolute Gasteiger partial charge is 0.435 e. The molecular formula is C11H14F3N3. The van der Waals surface area contributed by atoms with E-state index in [1.54, 1.807) is 0 Å². The quantitative estimate of drug-likeness (QED) is 0.889. The molecule has 3 nitrogen and oxygen atoms in total. The molecule has 1 saturated carbocycles. The Labute approximate surface area is 97.4 Å². The third-order valence-corrected chi connectivity index (χ3v) is 3.20. The molecule has 0 saturated heterocycles. The van der Waals surface area contributed by atoms with Gasteiger partial charge in [0.1, 0.15) is 5.82 Å².